The highest BCUT2D eigenvalue weighted by molar-refractivity contribution is 5.91. The van der Waals surface area contributed by atoms with Crippen molar-refractivity contribution in [2.24, 2.45) is 0 Å². The molecule has 1 N–H and O–H groups in total. The third-order valence-corrected chi connectivity index (χ3v) is 4.00. The van der Waals surface area contributed by atoms with Gasteiger partial charge in [-0.15, -0.1) is 10.2 Å². The summed E-state index contributed by atoms with van der Waals surface area (Å²) in [7, 11) is 0. The summed E-state index contributed by atoms with van der Waals surface area (Å²) in [5.74, 6) is -0.378. The summed E-state index contributed by atoms with van der Waals surface area (Å²) in [5, 5.41) is 22.0. The van der Waals surface area contributed by atoms with Crippen molar-refractivity contribution in [2.75, 3.05) is 5.32 Å². The topological polar surface area (TPSA) is 120 Å². The van der Waals surface area contributed by atoms with Crippen LogP contribution >= 0.6 is 0 Å². The summed E-state index contributed by atoms with van der Waals surface area (Å²) >= 11 is 0. The Morgan fingerprint density at radius 1 is 1.15 bits per heavy atom. The molecule has 10 heteroatoms. The van der Waals surface area contributed by atoms with Crippen LogP contribution in [0.15, 0.2) is 53.6 Å². The van der Waals surface area contributed by atoms with Crippen LogP contribution in [0.2, 0.25) is 0 Å². The van der Waals surface area contributed by atoms with Crippen molar-refractivity contribution in [3.63, 3.8) is 0 Å². The van der Waals surface area contributed by atoms with E-state index in [0.717, 1.165) is 15.9 Å². The highest BCUT2D eigenvalue weighted by Crippen LogP contribution is 2.17. The van der Waals surface area contributed by atoms with Crippen LogP contribution in [0.5, 0.6) is 0 Å². The number of carbonyl (C=O) groups excluding carboxylic acids is 1. The molecule has 0 atom stereocenters. The fourth-order valence-corrected chi connectivity index (χ4v) is 2.73. The molecule has 4 aromatic rings. The first-order chi connectivity index (χ1) is 13.1. The van der Waals surface area contributed by atoms with Crippen LogP contribution in [0.3, 0.4) is 0 Å². The zero-order valence-electron chi connectivity index (χ0n) is 14.3. The van der Waals surface area contributed by atoms with E-state index in [2.05, 4.69) is 31.2 Å². The summed E-state index contributed by atoms with van der Waals surface area (Å²) in [6.45, 7) is 1.65. The highest BCUT2D eigenvalue weighted by atomic mass is 16.2. The maximum Gasteiger partial charge on any atom is 0.278 e. The molecule has 27 heavy (non-hydrogen) atoms. The Balaban J connectivity index is 1.52. The first kappa shape index (κ1) is 16.5. The van der Waals surface area contributed by atoms with Crippen LogP contribution in [0.25, 0.3) is 16.6 Å². The molecule has 10 nitrogen and oxygen atoms in total. The molecule has 2 aromatic heterocycles. The van der Waals surface area contributed by atoms with E-state index in [9.17, 15) is 9.59 Å². The average molecular weight is 362 g/mol. The second-order valence-corrected chi connectivity index (χ2v) is 5.87. The quantitative estimate of drug-likeness (QED) is 0.568. The lowest BCUT2D eigenvalue weighted by molar-refractivity contribution is -0.117. The standard InChI is InChI=1S/C17H14N8O2/c1-11-8-12(6-7-15(11)25-10-18-21-23-25)19-16(26)9-24-17(27)13-4-2-3-5-14(13)20-22-24/h2-8,10H,9H2,1H3,(H,19,26). The van der Waals surface area contributed by atoms with Crippen LogP contribution in [-0.2, 0) is 11.3 Å². The Hall–Kier alpha value is -3.95. The number of amides is 1. The highest BCUT2D eigenvalue weighted by Gasteiger charge is 2.11. The zero-order valence-corrected chi connectivity index (χ0v) is 14.3. The predicted molar refractivity (Wildman–Crippen MR) is 96.3 cm³/mol. The molecule has 4 rings (SSSR count). The molecule has 0 bridgehead atoms. The molecular weight excluding hydrogens is 348 g/mol. The van der Waals surface area contributed by atoms with Crippen molar-refractivity contribution in [3.8, 4) is 5.69 Å². The minimum atomic E-state index is -0.378. The summed E-state index contributed by atoms with van der Waals surface area (Å²) < 4.78 is 2.57. The number of hydrogen-bond acceptors (Lipinski definition) is 7. The van der Waals surface area contributed by atoms with E-state index in [1.807, 2.05) is 6.92 Å². The zero-order chi connectivity index (χ0) is 18.8. The van der Waals surface area contributed by atoms with E-state index < -0.39 is 0 Å². The van der Waals surface area contributed by atoms with E-state index in [4.69, 9.17) is 0 Å². The lowest BCUT2D eigenvalue weighted by Crippen LogP contribution is -2.30. The number of aromatic nitrogens is 7. The van der Waals surface area contributed by atoms with Gasteiger partial charge in [0.15, 0.2) is 0 Å². The molecule has 0 saturated heterocycles. The lowest BCUT2D eigenvalue weighted by atomic mass is 10.2. The summed E-state index contributed by atoms with van der Waals surface area (Å²) in [5.41, 5.74) is 2.41. The minimum absolute atomic E-state index is 0.232. The Morgan fingerprint density at radius 3 is 2.78 bits per heavy atom. The number of fused-ring (bicyclic) bond motifs is 1. The van der Waals surface area contributed by atoms with Gasteiger partial charge in [-0.25, -0.2) is 9.36 Å². The molecule has 134 valence electrons. The third-order valence-electron chi connectivity index (χ3n) is 4.00. The van der Waals surface area contributed by atoms with Gasteiger partial charge in [-0.1, -0.05) is 17.3 Å². The normalized spacial score (nSPS) is 10.9. The maximum absolute atomic E-state index is 12.4. The molecule has 1 amide bonds. The van der Waals surface area contributed by atoms with Gasteiger partial charge in [-0.2, -0.15) is 0 Å². The van der Waals surface area contributed by atoms with Crippen molar-refractivity contribution in [2.45, 2.75) is 13.5 Å². The van der Waals surface area contributed by atoms with Gasteiger partial charge in [0.25, 0.3) is 5.56 Å². The first-order valence-electron chi connectivity index (χ1n) is 8.08. The predicted octanol–water partition coefficient (Wildman–Crippen LogP) is 0.714. The molecule has 0 aliphatic rings. The van der Waals surface area contributed by atoms with Crippen molar-refractivity contribution in [1.82, 2.24) is 35.2 Å². The number of hydrogen-bond donors (Lipinski definition) is 1. The minimum Gasteiger partial charge on any atom is -0.324 e. The van der Waals surface area contributed by atoms with Crippen LogP contribution in [-0.4, -0.2) is 41.1 Å². The van der Waals surface area contributed by atoms with Crippen LogP contribution in [0, 0.1) is 6.92 Å². The van der Waals surface area contributed by atoms with Crippen molar-refractivity contribution < 1.29 is 4.79 Å². The number of carbonyl (C=O) groups is 1. The van der Waals surface area contributed by atoms with Crippen LogP contribution < -0.4 is 10.9 Å². The number of tetrazole rings is 1. The van der Waals surface area contributed by atoms with Crippen LogP contribution in [0.1, 0.15) is 5.56 Å². The van der Waals surface area contributed by atoms with Crippen molar-refractivity contribution in [3.05, 3.63) is 64.7 Å². The van der Waals surface area contributed by atoms with Crippen molar-refractivity contribution in [1.29, 1.82) is 0 Å². The number of benzene rings is 2. The molecule has 0 unspecified atom stereocenters. The Bertz CT molecular complexity index is 1180. The van der Waals surface area contributed by atoms with E-state index in [0.29, 0.717) is 16.6 Å². The summed E-state index contributed by atoms with van der Waals surface area (Å²) in [4.78, 5) is 24.7. The van der Waals surface area contributed by atoms with Gasteiger partial charge < -0.3 is 5.32 Å². The van der Waals surface area contributed by atoms with Crippen LogP contribution in [0.4, 0.5) is 5.69 Å². The van der Waals surface area contributed by atoms with E-state index in [-0.39, 0.29) is 18.0 Å². The number of aryl methyl sites for hydroxylation is 1. The fourth-order valence-electron chi connectivity index (χ4n) is 2.73. The van der Waals surface area contributed by atoms with Gasteiger partial charge in [-0.05, 0) is 53.2 Å². The SMILES string of the molecule is Cc1cc(NC(=O)Cn2nnc3ccccc3c2=O)ccc1-n1cnnn1. The van der Waals surface area contributed by atoms with E-state index in [1.165, 1.54) is 11.0 Å². The molecule has 0 spiro atoms. The Morgan fingerprint density at radius 2 is 2.00 bits per heavy atom. The lowest BCUT2D eigenvalue weighted by Gasteiger charge is -2.10. The second kappa shape index (κ2) is 6.75. The van der Waals surface area contributed by atoms with Gasteiger partial charge in [0.05, 0.1) is 11.1 Å². The Kier molecular flexibility index (Phi) is 4.13. The Labute approximate surface area is 152 Å². The van der Waals surface area contributed by atoms with Gasteiger partial charge in [0.2, 0.25) is 5.91 Å². The first-order valence-corrected chi connectivity index (χ1v) is 8.08. The van der Waals surface area contributed by atoms with Crippen molar-refractivity contribution >= 4 is 22.5 Å². The molecular formula is C17H14N8O2. The number of rotatable bonds is 4. The smallest absolute Gasteiger partial charge is 0.278 e. The average Bonchev–Trinajstić information content (AvgIpc) is 3.19. The van der Waals surface area contributed by atoms with Gasteiger partial charge in [0.1, 0.15) is 18.4 Å². The third kappa shape index (κ3) is 3.27. The van der Waals surface area contributed by atoms with Gasteiger partial charge in [0, 0.05) is 5.69 Å². The van der Waals surface area contributed by atoms with Gasteiger partial charge in [-0.3, -0.25) is 9.59 Å². The second-order valence-electron chi connectivity index (χ2n) is 5.87. The molecule has 2 heterocycles. The molecule has 0 aliphatic heterocycles. The largest absolute Gasteiger partial charge is 0.324 e. The van der Waals surface area contributed by atoms with Gasteiger partial charge >= 0.3 is 0 Å². The molecule has 0 aliphatic carbocycles. The number of anilines is 1. The molecule has 0 radical (unpaired) electrons. The molecule has 2 aromatic carbocycles. The fraction of sp³-hybridized carbons (Fsp3) is 0.118. The molecule has 0 fully saturated rings. The maximum atomic E-state index is 12.4. The number of nitrogens with zero attached hydrogens (tertiary/aromatic N) is 7. The molecule has 0 saturated carbocycles. The summed E-state index contributed by atoms with van der Waals surface area (Å²) in [6.07, 6.45) is 1.49. The monoisotopic (exact) mass is 362 g/mol. The summed E-state index contributed by atoms with van der Waals surface area (Å²) in [6, 6.07) is 12.2. The van der Waals surface area contributed by atoms with E-state index >= 15 is 0 Å². The van der Waals surface area contributed by atoms with E-state index in [1.54, 1.807) is 42.5 Å². The number of nitrogens with one attached hydrogen (secondary N) is 1.